The average molecular weight is 256 g/mol. The second-order valence-electron chi connectivity index (χ2n) is 5.29. The zero-order valence-electron chi connectivity index (χ0n) is 11.3. The number of hydrogen-bond acceptors (Lipinski definition) is 4. The van der Waals surface area contributed by atoms with Crippen molar-refractivity contribution < 1.29 is 0 Å². The van der Waals surface area contributed by atoms with Crippen molar-refractivity contribution in [1.29, 1.82) is 0 Å². The van der Waals surface area contributed by atoms with Crippen molar-refractivity contribution in [2.24, 2.45) is 5.73 Å². The maximum absolute atomic E-state index is 5.92. The number of para-hydroxylation sites is 2. The quantitative estimate of drug-likeness (QED) is 0.896. The standard InChI is InChI=1S/C15H20N4/c1-11-5-4-6-12(9-16)19(11)15-10-17-13-7-2-3-8-14(13)18-15/h2-3,7-8,10-12H,4-6,9,16H2,1H3. The minimum atomic E-state index is 0.388. The average Bonchev–Trinajstić information content (AvgIpc) is 2.46. The summed E-state index contributed by atoms with van der Waals surface area (Å²) in [4.78, 5) is 11.6. The molecule has 1 aromatic carbocycles. The number of nitrogens with two attached hydrogens (primary N) is 1. The molecule has 2 aromatic rings. The summed E-state index contributed by atoms with van der Waals surface area (Å²) in [5.74, 6) is 0.960. The highest BCUT2D eigenvalue weighted by atomic mass is 15.3. The summed E-state index contributed by atoms with van der Waals surface area (Å²) in [6.07, 6.45) is 5.48. The van der Waals surface area contributed by atoms with Gasteiger partial charge in [-0.15, -0.1) is 0 Å². The van der Waals surface area contributed by atoms with Gasteiger partial charge in [-0.3, -0.25) is 4.98 Å². The molecular weight excluding hydrogens is 236 g/mol. The lowest BCUT2D eigenvalue weighted by Gasteiger charge is -2.41. The molecule has 0 aliphatic carbocycles. The van der Waals surface area contributed by atoms with E-state index in [1.807, 2.05) is 30.5 Å². The molecule has 1 fully saturated rings. The van der Waals surface area contributed by atoms with Crippen LogP contribution in [0.2, 0.25) is 0 Å². The normalized spacial score (nSPS) is 23.8. The summed E-state index contributed by atoms with van der Waals surface area (Å²) in [6, 6.07) is 8.87. The highest BCUT2D eigenvalue weighted by Gasteiger charge is 2.28. The molecule has 4 nitrogen and oxygen atoms in total. The van der Waals surface area contributed by atoms with E-state index in [2.05, 4.69) is 16.8 Å². The minimum Gasteiger partial charge on any atom is -0.348 e. The van der Waals surface area contributed by atoms with Crippen LogP contribution in [-0.2, 0) is 0 Å². The first kappa shape index (κ1) is 12.4. The molecule has 0 amide bonds. The van der Waals surface area contributed by atoms with Crippen LogP contribution in [0.4, 0.5) is 5.82 Å². The third-order valence-electron chi connectivity index (χ3n) is 4.00. The number of rotatable bonds is 2. The van der Waals surface area contributed by atoms with Crippen LogP contribution in [0.25, 0.3) is 11.0 Å². The largest absolute Gasteiger partial charge is 0.348 e. The molecule has 19 heavy (non-hydrogen) atoms. The fourth-order valence-electron chi connectivity index (χ4n) is 3.00. The summed E-state index contributed by atoms with van der Waals surface area (Å²) in [5.41, 5.74) is 7.81. The first-order chi connectivity index (χ1) is 9.29. The highest BCUT2D eigenvalue weighted by molar-refractivity contribution is 5.75. The lowest BCUT2D eigenvalue weighted by atomic mass is 9.96. The Balaban J connectivity index is 2.01. The number of aromatic nitrogens is 2. The van der Waals surface area contributed by atoms with Gasteiger partial charge in [0.15, 0.2) is 0 Å². The molecule has 0 saturated carbocycles. The third kappa shape index (κ3) is 2.28. The molecule has 0 bridgehead atoms. The Morgan fingerprint density at radius 1 is 1.26 bits per heavy atom. The van der Waals surface area contributed by atoms with E-state index in [4.69, 9.17) is 10.7 Å². The van der Waals surface area contributed by atoms with Gasteiger partial charge in [0.2, 0.25) is 0 Å². The van der Waals surface area contributed by atoms with E-state index < -0.39 is 0 Å². The van der Waals surface area contributed by atoms with Crippen molar-refractivity contribution in [3.05, 3.63) is 30.5 Å². The first-order valence-corrected chi connectivity index (χ1v) is 7.00. The Hall–Kier alpha value is -1.68. The molecule has 1 aromatic heterocycles. The van der Waals surface area contributed by atoms with E-state index >= 15 is 0 Å². The van der Waals surface area contributed by atoms with Crippen LogP contribution in [-0.4, -0.2) is 28.6 Å². The van der Waals surface area contributed by atoms with Gasteiger partial charge in [0.25, 0.3) is 0 Å². The molecule has 0 spiro atoms. The fraction of sp³-hybridized carbons (Fsp3) is 0.467. The van der Waals surface area contributed by atoms with Gasteiger partial charge in [-0.05, 0) is 38.3 Å². The van der Waals surface area contributed by atoms with Crippen molar-refractivity contribution in [3.63, 3.8) is 0 Å². The molecule has 1 aliphatic heterocycles. The van der Waals surface area contributed by atoms with Gasteiger partial charge in [-0.1, -0.05) is 12.1 Å². The Bertz CT molecular complexity index is 569. The lowest BCUT2D eigenvalue weighted by Crippen LogP contribution is -2.49. The number of hydrogen-bond donors (Lipinski definition) is 1. The van der Waals surface area contributed by atoms with Crippen LogP contribution in [0.5, 0.6) is 0 Å². The Morgan fingerprint density at radius 3 is 2.84 bits per heavy atom. The lowest BCUT2D eigenvalue weighted by molar-refractivity contribution is 0.398. The van der Waals surface area contributed by atoms with Crippen LogP contribution in [0.3, 0.4) is 0 Å². The minimum absolute atomic E-state index is 0.388. The molecule has 3 rings (SSSR count). The summed E-state index contributed by atoms with van der Waals surface area (Å²) >= 11 is 0. The molecule has 1 aliphatic rings. The predicted octanol–water partition coefficient (Wildman–Crippen LogP) is 2.34. The fourth-order valence-corrected chi connectivity index (χ4v) is 3.00. The van der Waals surface area contributed by atoms with Gasteiger partial charge in [0.1, 0.15) is 5.82 Å². The van der Waals surface area contributed by atoms with E-state index in [0.717, 1.165) is 23.3 Å². The maximum atomic E-state index is 5.92. The van der Waals surface area contributed by atoms with Gasteiger partial charge in [0.05, 0.1) is 17.2 Å². The van der Waals surface area contributed by atoms with E-state index in [-0.39, 0.29) is 0 Å². The van der Waals surface area contributed by atoms with Crippen molar-refractivity contribution in [3.8, 4) is 0 Å². The topological polar surface area (TPSA) is 55.0 Å². The SMILES string of the molecule is CC1CCCC(CN)N1c1cnc2ccccc2n1. The zero-order chi connectivity index (χ0) is 13.2. The highest BCUT2D eigenvalue weighted by Crippen LogP contribution is 2.27. The van der Waals surface area contributed by atoms with Gasteiger partial charge >= 0.3 is 0 Å². The molecule has 0 radical (unpaired) electrons. The number of piperidine rings is 1. The number of nitrogens with zero attached hydrogens (tertiary/aromatic N) is 3. The molecule has 2 heterocycles. The van der Waals surface area contributed by atoms with Crippen molar-refractivity contribution >= 4 is 16.9 Å². The van der Waals surface area contributed by atoms with Crippen LogP contribution in [0, 0.1) is 0 Å². The van der Waals surface area contributed by atoms with Crippen LogP contribution < -0.4 is 10.6 Å². The molecule has 1 saturated heterocycles. The zero-order valence-corrected chi connectivity index (χ0v) is 11.3. The van der Waals surface area contributed by atoms with Crippen LogP contribution in [0.15, 0.2) is 30.5 Å². The van der Waals surface area contributed by atoms with Crippen LogP contribution >= 0.6 is 0 Å². The molecule has 100 valence electrons. The van der Waals surface area contributed by atoms with Crippen LogP contribution in [0.1, 0.15) is 26.2 Å². The summed E-state index contributed by atoms with van der Waals surface area (Å²) < 4.78 is 0. The van der Waals surface area contributed by atoms with Gasteiger partial charge in [-0.25, -0.2) is 4.98 Å². The Labute approximate surface area is 113 Å². The third-order valence-corrected chi connectivity index (χ3v) is 4.00. The van der Waals surface area contributed by atoms with Crippen molar-refractivity contribution in [2.45, 2.75) is 38.3 Å². The van der Waals surface area contributed by atoms with Crippen molar-refractivity contribution in [1.82, 2.24) is 9.97 Å². The Morgan fingerprint density at radius 2 is 2.05 bits per heavy atom. The predicted molar refractivity (Wildman–Crippen MR) is 78.2 cm³/mol. The molecule has 4 heteroatoms. The maximum Gasteiger partial charge on any atom is 0.148 e. The van der Waals surface area contributed by atoms with E-state index in [9.17, 15) is 0 Å². The molecule has 2 N–H and O–H groups in total. The van der Waals surface area contributed by atoms with E-state index in [0.29, 0.717) is 18.6 Å². The number of benzene rings is 1. The smallest absolute Gasteiger partial charge is 0.148 e. The van der Waals surface area contributed by atoms with E-state index in [1.165, 1.54) is 12.8 Å². The van der Waals surface area contributed by atoms with Gasteiger partial charge in [0, 0.05) is 18.6 Å². The summed E-state index contributed by atoms with van der Waals surface area (Å²) in [5, 5.41) is 0. The van der Waals surface area contributed by atoms with E-state index in [1.54, 1.807) is 0 Å². The monoisotopic (exact) mass is 256 g/mol. The summed E-state index contributed by atoms with van der Waals surface area (Å²) in [6.45, 7) is 2.93. The van der Waals surface area contributed by atoms with Gasteiger partial charge in [-0.2, -0.15) is 0 Å². The summed E-state index contributed by atoms with van der Waals surface area (Å²) in [7, 11) is 0. The van der Waals surface area contributed by atoms with Crippen molar-refractivity contribution in [2.75, 3.05) is 11.4 Å². The molecular formula is C15H20N4. The second-order valence-corrected chi connectivity index (χ2v) is 5.29. The second kappa shape index (κ2) is 5.13. The Kier molecular flexibility index (Phi) is 3.34. The molecule has 2 atom stereocenters. The van der Waals surface area contributed by atoms with Gasteiger partial charge < -0.3 is 10.6 Å². The first-order valence-electron chi connectivity index (χ1n) is 7.00. The number of fused-ring (bicyclic) bond motifs is 1. The molecule has 2 unspecified atom stereocenters. The number of anilines is 1.